The van der Waals surface area contributed by atoms with Crippen molar-refractivity contribution < 1.29 is 10.2 Å². The predicted molar refractivity (Wildman–Crippen MR) is 257 cm³/mol. The van der Waals surface area contributed by atoms with Gasteiger partial charge in [0.2, 0.25) is 0 Å². The van der Waals surface area contributed by atoms with Gasteiger partial charge in [0.1, 0.15) is 0 Å². The van der Waals surface area contributed by atoms with Crippen LogP contribution < -0.4 is 22.9 Å². The lowest BCUT2D eigenvalue weighted by Crippen LogP contribution is -2.23. The minimum atomic E-state index is -0.0804. The maximum absolute atomic E-state index is 9.14. The van der Waals surface area contributed by atoms with Crippen molar-refractivity contribution in [1.29, 1.82) is 0 Å². The van der Waals surface area contributed by atoms with E-state index in [2.05, 4.69) is 0 Å². The molecule has 0 heterocycles. The van der Waals surface area contributed by atoms with E-state index in [1.54, 1.807) is 12.1 Å². The molecule has 0 aliphatic heterocycles. The van der Waals surface area contributed by atoms with E-state index in [1.807, 2.05) is 60.7 Å². The molecule has 0 saturated heterocycles. The van der Waals surface area contributed by atoms with Crippen LogP contribution in [0.2, 0.25) is 40.2 Å². The van der Waals surface area contributed by atoms with E-state index in [0.29, 0.717) is 90.0 Å². The molecule has 0 amide bonds. The fourth-order valence-electron chi connectivity index (χ4n) is 8.52. The lowest BCUT2D eigenvalue weighted by Gasteiger charge is -2.15. The first-order chi connectivity index (χ1) is 28.5. The Labute approximate surface area is 403 Å². The minimum Gasteiger partial charge on any atom is -0.396 e. The molecule has 60 heavy (non-hydrogen) atoms. The minimum absolute atomic E-state index is 0.0377. The van der Waals surface area contributed by atoms with Gasteiger partial charge >= 0.3 is 0 Å². The Morgan fingerprint density at radius 1 is 0.383 bits per heavy atom. The van der Waals surface area contributed by atoms with E-state index in [9.17, 15) is 0 Å². The summed E-state index contributed by atoms with van der Waals surface area (Å²) in [6.45, 7) is 2.66. The van der Waals surface area contributed by atoms with Crippen LogP contribution in [0.15, 0.2) is 72.8 Å². The monoisotopic (exact) mass is 1020 g/mol. The molecule has 8 atom stereocenters. The normalized spacial score (nSPS) is 29.2. The standard InChI is InChI=1S/2C11H12Cl3N.2C11H13Cl2NO/c2*12-5-8-4-11(8,6-15)7-1-2-9(13)10(14)3-7;2*12-9-2-1-7(3-10(9)13)11(6-14)4-8(11)5-15/h2*1-3,8H,4-6,15H2;2*1-3,8,15H,4-6,14H2/t8-,11+;8-,11-;8-,11+;8-,11-/m0000/s1. The molecule has 8 rings (SSSR count). The number of nitrogens with two attached hydrogens (primary N) is 4. The van der Waals surface area contributed by atoms with E-state index in [1.165, 1.54) is 0 Å². The number of rotatable bonds is 12. The first kappa shape index (κ1) is 50.5. The molecule has 328 valence electrons. The SMILES string of the molecule is NC[C@@]1(c2ccc(Cl)c(Cl)c2)C[C@H]1CCl.NC[C@@]1(c2ccc(Cl)c(Cl)c2)C[C@H]1CO.NC[C@]1(c2ccc(Cl)c(Cl)c2)C[C@H]1CCl.NC[C@]1(c2ccc(Cl)c(Cl)c2)C[C@H]1CO. The van der Waals surface area contributed by atoms with Crippen molar-refractivity contribution >= 4 is 116 Å². The first-order valence-electron chi connectivity index (χ1n) is 19.5. The van der Waals surface area contributed by atoms with Gasteiger partial charge in [-0.2, -0.15) is 0 Å². The molecule has 4 aliphatic rings. The summed E-state index contributed by atoms with van der Waals surface area (Å²) in [7, 11) is 0. The smallest absolute Gasteiger partial charge is 0.0595 e. The van der Waals surface area contributed by atoms with Gasteiger partial charge in [0.15, 0.2) is 0 Å². The van der Waals surface area contributed by atoms with E-state index in [-0.39, 0.29) is 46.7 Å². The molecule has 0 spiro atoms. The molecule has 0 radical (unpaired) electrons. The molecule has 4 aromatic rings. The highest BCUT2D eigenvalue weighted by molar-refractivity contribution is 6.43. The van der Waals surface area contributed by atoms with Gasteiger partial charge in [-0.3, -0.25) is 0 Å². The van der Waals surface area contributed by atoms with Gasteiger partial charge in [-0.15, -0.1) is 23.2 Å². The number of hydrogen-bond acceptors (Lipinski definition) is 6. The van der Waals surface area contributed by atoms with Gasteiger partial charge in [0.05, 0.1) is 40.2 Å². The van der Waals surface area contributed by atoms with Gasteiger partial charge in [-0.25, -0.2) is 0 Å². The Morgan fingerprint density at radius 2 is 0.600 bits per heavy atom. The number of benzene rings is 4. The zero-order valence-corrected chi connectivity index (χ0v) is 40.3. The van der Waals surface area contributed by atoms with Crippen LogP contribution in [0.5, 0.6) is 0 Å². The van der Waals surface area contributed by atoms with Crippen molar-refractivity contribution in [3.63, 3.8) is 0 Å². The Bertz CT molecular complexity index is 1820. The third-order valence-electron chi connectivity index (χ3n) is 13.2. The van der Waals surface area contributed by atoms with E-state index in [0.717, 1.165) is 47.9 Å². The van der Waals surface area contributed by atoms with Crippen LogP contribution >= 0.6 is 116 Å². The summed E-state index contributed by atoms with van der Waals surface area (Å²) < 4.78 is 0. The Morgan fingerprint density at radius 3 is 0.750 bits per heavy atom. The third kappa shape index (κ3) is 10.6. The van der Waals surface area contributed by atoms with E-state index < -0.39 is 0 Å². The summed E-state index contributed by atoms with van der Waals surface area (Å²) in [5, 5.41) is 22.8. The van der Waals surface area contributed by atoms with Crippen molar-refractivity contribution in [3.05, 3.63) is 135 Å². The molecule has 4 fully saturated rings. The summed E-state index contributed by atoms with van der Waals surface area (Å²) in [6, 6.07) is 22.6. The zero-order chi connectivity index (χ0) is 44.2. The van der Waals surface area contributed by atoms with Crippen LogP contribution in [0.1, 0.15) is 47.9 Å². The molecule has 6 nitrogen and oxygen atoms in total. The lowest BCUT2D eigenvalue weighted by molar-refractivity contribution is 0.264. The third-order valence-corrected chi connectivity index (χ3v) is 16.9. The highest BCUT2D eigenvalue weighted by atomic mass is 35.5. The lowest BCUT2D eigenvalue weighted by atomic mass is 9.93. The van der Waals surface area contributed by atoms with E-state index in [4.69, 9.17) is 149 Å². The second-order valence-corrected chi connectivity index (χ2v) is 20.1. The number of hydrogen-bond donors (Lipinski definition) is 6. The fourth-order valence-corrected chi connectivity index (χ4v) is 10.5. The molecule has 4 aromatic carbocycles. The second-order valence-electron chi connectivity index (χ2n) is 16.2. The summed E-state index contributed by atoms with van der Waals surface area (Å²) in [5.74, 6) is 2.77. The van der Waals surface area contributed by atoms with Crippen LogP contribution in [-0.2, 0) is 21.7 Å². The Balaban J connectivity index is 0.000000152. The van der Waals surface area contributed by atoms with Crippen LogP contribution in [0.3, 0.4) is 0 Å². The number of aliphatic hydroxyl groups is 2. The quantitative estimate of drug-likeness (QED) is 0.0780. The van der Waals surface area contributed by atoms with Crippen LogP contribution in [-0.4, -0.2) is 61.4 Å². The van der Waals surface area contributed by atoms with Gasteiger partial charge in [0.25, 0.3) is 0 Å². The number of aliphatic hydroxyl groups excluding tert-OH is 2. The Hall–Kier alpha value is -0.460. The van der Waals surface area contributed by atoms with Crippen LogP contribution in [0, 0.1) is 23.7 Å². The average molecular weight is 1020 g/mol. The van der Waals surface area contributed by atoms with Gasteiger partial charge < -0.3 is 33.1 Å². The summed E-state index contributed by atoms with van der Waals surface area (Å²) in [4.78, 5) is 0. The van der Waals surface area contributed by atoms with Crippen LogP contribution in [0.25, 0.3) is 0 Å². The van der Waals surface area contributed by atoms with Gasteiger partial charge in [0, 0.05) is 72.8 Å². The van der Waals surface area contributed by atoms with Crippen molar-refractivity contribution in [3.8, 4) is 0 Å². The molecule has 10 N–H and O–H groups in total. The Kier molecular flexibility index (Phi) is 17.9. The highest BCUT2D eigenvalue weighted by Gasteiger charge is 2.56. The molecule has 4 aliphatic carbocycles. The zero-order valence-electron chi connectivity index (χ0n) is 32.7. The summed E-state index contributed by atoms with van der Waals surface area (Å²) in [6.07, 6.45) is 3.95. The maximum Gasteiger partial charge on any atom is 0.0595 e. The topological polar surface area (TPSA) is 145 Å². The van der Waals surface area contributed by atoms with Crippen molar-refractivity contribution in [2.75, 3.05) is 51.2 Å². The second kappa shape index (κ2) is 21.2. The molecule has 0 bridgehead atoms. The molecule has 16 heteroatoms. The largest absolute Gasteiger partial charge is 0.396 e. The van der Waals surface area contributed by atoms with Crippen molar-refractivity contribution in [1.82, 2.24) is 0 Å². The highest BCUT2D eigenvalue weighted by Crippen LogP contribution is 2.57. The number of halogens is 10. The summed E-state index contributed by atoms with van der Waals surface area (Å²) >= 11 is 59.1. The van der Waals surface area contributed by atoms with Gasteiger partial charge in [-0.05, 0) is 120 Å². The van der Waals surface area contributed by atoms with Crippen molar-refractivity contribution in [2.24, 2.45) is 46.6 Å². The average Bonchev–Trinajstić information content (AvgIpc) is 4.12. The summed E-state index contributed by atoms with van der Waals surface area (Å²) in [5.41, 5.74) is 27.6. The molecule has 0 aromatic heterocycles. The van der Waals surface area contributed by atoms with Gasteiger partial charge in [-0.1, -0.05) is 117 Å². The molecular weight excluding hydrogens is 971 g/mol. The maximum atomic E-state index is 9.14. The molecule has 4 saturated carbocycles. The van der Waals surface area contributed by atoms with Crippen molar-refractivity contribution in [2.45, 2.75) is 47.3 Å². The molecular formula is C44H50Cl10N4O2. The fraction of sp³-hybridized carbons (Fsp3) is 0.455. The molecule has 0 unspecified atom stereocenters. The van der Waals surface area contributed by atoms with E-state index >= 15 is 0 Å². The predicted octanol–water partition coefficient (Wildman–Crippen LogP) is 11.3. The number of alkyl halides is 2. The first-order valence-corrected chi connectivity index (χ1v) is 23.6. The van der Waals surface area contributed by atoms with Crippen LogP contribution in [0.4, 0.5) is 0 Å².